The predicted octanol–water partition coefficient (Wildman–Crippen LogP) is 3.42. The number of H-pyrrole nitrogens is 1. The van der Waals surface area contributed by atoms with E-state index in [0.717, 1.165) is 4.47 Å². The molecule has 1 aliphatic rings. The molecule has 1 aromatic heterocycles. The molecule has 4 rings (SSSR count). The van der Waals surface area contributed by atoms with Gasteiger partial charge < -0.3 is 14.6 Å². The minimum atomic E-state index is -0.0734. The lowest BCUT2D eigenvalue weighted by Crippen LogP contribution is -2.02. The summed E-state index contributed by atoms with van der Waals surface area (Å²) in [7, 11) is 0. The highest BCUT2D eigenvalue weighted by Crippen LogP contribution is 2.33. The second kappa shape index (κ2) is 8.53. The number of fused-ring (bicyclic) bond motifs is 1. The molecule has 3 N–H and O–H groups in total. The number of thioether (sulfide) groups is 1. The normalized spacial score (nSPS) is 12.4. The van der Waals surface area contributed by atoms with Gasteiger partial charge in [-0.1, -0.05) is 27.7 Å². The first-order valence-electron chi connectivity index (χ1n) is 8.34. The standard InChI is InChI=1S/C18H14BrN5O4S/c19-12-2-3-13(25)11(5-12)7-20-22-17-21-18(24-23-17)29-8-14(26)10-1-4-15-16(6-10)28-9-27-15/h1-7,25H,8-9H2,(H2,21,22,23,24)/b20-7-. The number of ketones is 1. The van der Waals surface area contributed by atoms with Crippen LogP contribution in [-0.4, -0.2) is 44.8 Å². The fourth-order valence-electron chi connectivity index (χ4n) is 2.44. The van der Waals surface area contributed by atoms with Crippen molar-refractivity contribution in [3.63, 3.8) is 0 Å². The number of nitrogens with one attached hydrogen (secondary N) is 2. The highest BCUT2D eigenvalue weighted by molar-refractivity contribution is 9.10. The first-order chi connectivity index (χ1) is 14.1. The van der Waals surface area contributed by atoms with Crippen LogP contribution in [0.25, 0.3) is 0 Å². The topological polar surface area (TPSA) is 122 Å². The molecule has 9 nitrogen and oxygen atoms in total. The first-order valence-corrected chi connectivity index (χ1v) is 10.1. The summed E-state index contributed by atoms with van der Waals surface area (Å²) in [6.45, 7) is 0.165. The van der Waals surface area contributed by atoms with E-state index >= 15 is 0 Å². The summed E-state index contributed by atoms with van der Waals surface area (Å²) in [6, 6.07) is 10.1. The maximum absolute atomic E-state index is 12.4. The molecule has 0 amide bonds. The van der Waals surface area contributed by atoms with E-state index in [9.17, 15) is 9.90 Å². The van der Waals surface area contributed by atoms with E-state index in [1.54, 1.807) is 36.4 Å². The molecule has 0 spiro atoms. The Morgan fingerprint density at radius 3 is 3.07 bits per heavy atom. The van der Waals surface area contributed by atoms with Gasteiger partial charge in [-0.15, -0.1) is 5.10 Å². The third kappa shape index (κ3) is 4.69. The lowest BCUT2D eigenvalue weighted by molar-refractivity contribution is 0.102. The molecule has 0 radical (unpaired) electrons. The van der Waals surface area contributed by atoms with E-state index in [-0.39, 0.29) is 24.1 Å². The van der Waals surface area contributed by atoms with Gasteiger partial charge in [0.15, 0.2) is 17.3 Å². The summed E-state index contributed by atoms with van der Waals surface area (Å²) < 4.78 is 11.3. The minimum Gasteiger partial charge on any atom is -0.507 e. The van der Waals surface area contributed by atoms with Gasteiger partial charge in [0.2, 0.25) is 17.9 Å². The lowest BCUT2D eigenvalue weighted by atomic mass is 10.1. The van der Waals surface area contributed by atoms with Crippen molar-refractivity contribution in [2.75, 3.05) is 18.0 Å². The summed E-state index contributed by atoms with van der Waals surface area (Å²) in [5, 5.41) is 20.9. The lowest BCUT2D eigenvalue weighted by Gasteiger charge is -2.01. The van der Waals surface area contributed by atoms with Crippen LogP contribution in [0.5, 0.6) is 17.2 Å². The number of carbonyl (C=O) groups is 1. The molecule has 0 saturated carbocycles. The van der Waals surface area contributed by atoms with Crippen LogP contribution in [0.4, 0.5) is 5.95 Å². The Kier molecular flexibility index (Phi) is 5.67. The van der Waals surface area contributed by atoms with E-state index in [1.807, 2.05) is 0 Å². The zero-order chi connectivity index (χ0) is 20.2. The summed E-state index contributed by atoms with van der Waals surface area (Å²) >= 11 is 4.53. The number of hydrogen-bond acceptors (Lipinski definition) is 9. The number of ether oxygens (including phenoxy) is 2. The molecule has 2 heterocycles. The van der Waals surface area contributed by atoms with Gasteiger partial charge in [0.25, 0.3) is 0 Å². The largest absolute Gasteiger partial charge is 0.507 e. The predicted molar refractivity (Wildman–Crippen MR) is 111 cm³/mol. The Bertz CT molecular complexity index is 1090. The molecular formula is C18H14BrN5O4S. The fraction of sp³-hybridized carbons (Fsp3) is 0.111. The zero-order valence-electron chi connectivity index (χ0n) is 14.8. The number of aromatic hydroxyl groups is 1. The highest BCUT2D eigenvalue weighted by Gasteiger charge is 2.17. The van der Waals surface area contributed by atoms with Crippen LogP contribution >= 0.6 is 27.7 Å². The number of nitrogens with zero attached hydrogens (tertiary/aromatic N) is 3. The molecule has 0 saturated heterocycles. The monoisotopic (exact) mass is 475 g/mol. The number of hydrogen-bond donors (Lipinski definition) is 3. The second-order valence-electron chi connectivity index (χ2n) is 5.82. The van der Waals surface area contributed by atoms with E-state index in [4.69, 9.17) is 9.47 Å². The molecule has 0 unspecified atom stereocenters. The highest BCUT2D eigenvalue weighted by atomic mass is 79.9. The molecule has 11 heteroatoms. The Morgan fingerprint density at radius 2 is 2.17 bits per heavy atom. The smallest absolute Gasteiger partial charge is 0.240 e. The number of rotatable bonds is 7. The quantitative estimate of drug-likeness (QED) is 0.205. The van der Waals surface area contributed by atoms with Crippen molar-refractivity contribution in [2.45, 2.75) is 5.16 Å². The third-order valence-corrected chi connectivity index (χ3v) is 5.20. The van der Waals surface area contributed by atoms with E-state index in [0.29, 0.717) is 33.7 Å². The van der Waals surface area contributed by atoms with Crippen molar-refractivity contribution >= 4 is 45.6 Å². The molecule has 0 atom stereocenters. The summed E-state index contributed by atoms with van der Waals surface area (Å²) in [5.41, 5.74) is 3.77. The summed E-state index contributed by atoms with van der Waals surface area (Å²) in [6.07, 6.45) is 1.46. The van der Waals surface area contributed by atoms with Crippen molar-refractivity contribution in [1.82, 2.24) is 15.2 Å². The Morgan fingerprint density at radius 1 is 1.31 bits per heavy atom. The Balaban J connectivity index is 1.31. The molecule has 0 fully saturated rings. The van der Waals surface area contributed by atoms with Crippen molar-refractivity contribution in [3.8, 4) is 17.2 Å². The number of halogens is 1. The second-order valence-corrected chi connectivity index (χ2v) is 7.68. The number of carbonyl (C=O) groups excluding carboxylic acids is 1. The molecule has 29 heavy (non-hydrogen) atoms. The van der Waals surface area contributed by atoms with Gasteiger partial charge in [-0.2, -0.15) is 10.1 Å². The van der Waals surface area contributed by atoms with Gasteiger partial charge >= 0.3 is 0 Å². The molecule has 2 aromatic carbocycles. The zero-order valence-corrected chi connectivity index (χ0v) is 17.2. The van der Waals surface area contributed by atoms with E-state index < -0.39 is 0 Å². The number of aromatic amines is 1. The maximum atomic E-state index is 12.4. The van der Waals surface area contributed by atoms with Gasteiger partial charge in [0.1, 0.15) is 5.75 Å². The molecule has 1 aliphatic heterocycles. The molecule has 148 valence electrons. The number of Topliss-reactive ketones (excluding diaryl/α,β-unsaturated/α-hetero) is 1. The van der Waals surface area contributed by atoms with Crippen LogP contribution in [0.15, 0.2) is 51.1 Å². The molecular weight excluding hydrogens is 462 g/mol. The number of phenols is 1. The third-order valence-electron chi connectivity index (χ3n) is 3.86. The van der Waals surface area contributed by atoms with Crippen molar-refractivity contribution in [2.24, 2.45) is 5.10 Å². The number of phenolic OH excluding ortho intramolecular Hbond substituents is 1. The van der Waals surface area contributed by atoms with Gasteiger partial charge in [-0.25, -0.2) is 10.5 Å². The van der Waals surface area contributed by atoms with E-state index in [2.05, 4.69) is 41.6 Å². The van der Waals surface area contributed by atoms with Crippen molar-refractivity contribution < 1.29 is 19.4 Å². The van der Waals surface area contributed by atoms with Gasteiger partial charge in [0, 0.05) is 15.6 Å². The molecule has 3 aromatic rings. The summed E-state index contributed by atoms with van der Waals surface area (Å²) in [5.74, 6) is 1.72. The average Bonchev–Trinajstić information content (AvgIpc) is 3.37. The Hall–Kier alpha value is -3.05. The number of aromatic nitrogens is 3. The van der Waals surface area contributed by atoms with Crippen LogP contribution in [0.3, 0.4) is 0 Å². The van der Waals surface area contributed by atoms with E-state index in [1.165, 1.54) is 18.0 Å². The first kappa shape index (κ1) is 19.3. The van der Waals surface area contributed by atoms with Crippen LogP contribution < -0.4 is 14.9 Å². The number of benzene rings is 2. The molecule has 0 aliphatic carbocycles. The van der Waals surface area contributed by atoms with Crippen LogP contribution in [0.2, 0.25) is 0 Å². The van der Waals surface area contributed by atoms with Gasteiger partial charge in [-0.3, -0.25) is 4.79 Å². The van der Waals surface area contributed by atoms with Gasteiger partial charge in [0.05, 0.1) is 12.0 Å². The number of anilines is 1. The fourth-order valence-corrected chi connectivity index (χ4v) is 3.51. The Labute approximate surface area is 177 Å². The van der Waals surface area contributed by atoms with Crippen LogP contribution in [0, 0.1) is 0 Å². The minimum absolute atomic E-state index is 0.0734. The maximum Gasteiger partial charge on any atom is 0.240 e. The van der Waals surface area contributed by atoms with Crippen LogP contribution in [0.1, 0.15) is 15.9 Å². The van der Waals surface area contributed by atoms with Crippen molar-refractivity contribution in [3.05, 3.63) is 52.0 Å². The SMILES string of the molecule is O=C(CSc1n[nH]c(N/N=C\c2cc(Br)ccc2O)n1)c1ccc2c(c1)OCO2. The molecule has 0 bridgehead atoms. The number of hydrazone groups is 1. The van der Waals surface area contributed by atoms with Crippen molar-refractivity contribution in [1.29, 1.82) is 0 Å². The average molecular weight is 476 g/mol. The summed E-state index contributed by atoms with van der Waals surface area (Å²) in [4.78, 5) is 16.6. The van der Waals surface area contributed by atoms with Gasteiger partial charge in [-0.05, 0) is 36.4 Å². The van der Waals surface area contributed by atoms with Crippen LogP contribution in [-0.2, 0) is 0 Å².